The minimum Gasteiger partial charge on any atom is -0.279 e. The molecule has 1 aromatic carbocycles. The summed E-state index contributed by atoms with van der Waals surface area (Å²) < 4.78 is 41.4. The standard InChI is InChI=1S/C16H11F3N6OS/c1-24-13(26)9-4-2-3-5-10(9)25-12(22-23-15(24)25)8-27-14-20-7-6-11(21-14)16(17,18)19/h2-7H,8H2,1H3. The molecule has 138 valence electrons. The number of thioether (sulfide) groups is 1. The van der Waals surface area contributed by atoms with Crippen LogP contribution in [-0.2, 0) is 19.0 Å². The van der Waals surface area contributed by atoms with Crippen molar-refractivity contribution in [1.82, 2.24) is 29.1 Å². The highest BCUT2D eigenvalue weighted by atomic mass is 32.2. The highest BCUT2D eigenvalue weighted by molar-refractivity contribution is 7.98. The van der Waals surface area contributed by atoms with Gasteiger partial charge in [-0.2, -0.15) is 13.2 Å². The van der Waals surface area contributed by atoms with Gasteiger partial charge in [-0.25, -0.2) is 9.97 Å². The molecule has 0 N–H and O–H groups in total. The zero-order valence-electron chi connectivity index (χ0n) is 13.8. The second kappa shape index (κ2) is 6.34. The number of hydrogen-bond donors (Lipinski definition) is 0. The highest BCUT2D eigenvalue weighted by Gasteiger charge is 2.32. The Balaban J connectivity index is 1.75. The fourth-order valence-corrected chi connectivity index (χ4v) is 3.43. The summed E-state index contributed by atoms with van der Waals surface area (Å²) in [4.78, 5) is 19.8. The Bertz CT molecular complexity index is 1220. The Morgan fingerprint density at radius 2 is 1.93 bits per heavy atom. The first-order valence-electron chi connectivity index (χ1n) is 7.71. The van der Waals surface area contributed by atoms with Gasteiger partial charge in [0.05, 0.1) is 16.7 Å². The first kappa shape index (κ1) is 17.5. The van der Waals surface area contributed by atoms with Crippen molar-refractivity contribution in [3.63, 3.8) is 0 Å². The second-order valence-electron chi connectivity index (χ2n) is 5.64. The third-order valence-electron chi connectivity index (χ3n) is 3.95. The molecule has 0 aliphatic rings. The van der Waals surface area contributed by atoms with Crippen LogP contribution in [0.15, 0.2) is 46.5 Å². The molecule has 0 saturated heterocycles. The van der Waals surface area contributed by atoms with Gasteiger partial charge in [-0.3, -0.25) is 13.8 Å². The van der Waals surface area contributed by atoms with Gasteiger partial charge in [0.2, 0.25) is 5.78 Å². The number of rotatable bonds is 3. The van der Waals surface area contributed by atoms with Gasteiger partial charge >= 0.3 is 6.18 Å². The fraction of sp³-hybridized carbons (Fsp3) is 0.188. The lowest BCUT2D eigenvalue weighted by molar-refractivity contribution is -0.141. The molecular weight excluding hydrogens is 381 g/mol. The maximum absolute atomic E-state index is 12.8. The predicted molar refractivity (Wildman–Crippen MR) is 92.3 cm³/mol. The van der Waals surface area contributed by atoms with Crippen LogP contribution in [-0.4, -0.2) is 29.1 Å². The molecule has 0 amide bonds. The van der Waals surface area contributed by atoms with E-state index >= 15 is 0 Å². The lowest BCUT2D eigenvalue weighted by Gasteiger charge is -2.08. The van der Waals surface area contributed by atoms with Gasteiger partial charge in [-0.1, -0.05) is 23.9 Å². The minimum absolute atomic E-state index is 0.0179. The number of para-hydroxylation sites is 1. The maximum Gasteiger partial charge on any atom is 0.433 e. The summed E-state index contributed by atoms with van der Waals surface area (Å²) in [5.41, 5.74) is -0.578. The third kappa shape index (κ3) is 3.03. The van der Waals surface area contributed by atoms with Crippen molar-refractivity contribution in [1.29, 1.82) is 0 Å². The van der Waals surface area contributed by atoms with Crippen molar-refractivity contribution in [2.75, 3.05) is 0 Å². The Morgan fingerprint density at radius 1 is 1.15 bits per heavy atom. The topological polar surface area (TPSA) is 78.0 Å². The molecule has 3 aromatic heterocycles. The molecule has 3 heterocycles. The summed E-state index contributed by atoms with van der Waals surface area (Å²) in [7, 11) is 1.59. The summed E-state index contributed by atoms with van der Waals surface area (Å²) in [6.45, 7) is 0. The number of hydrogen-bond acceptors (Lipinski definition) is 6. The number of aromatic nitrogens is 6. The summed E-state index contributed by atoms with van der Waals surface area (Å²) >= 11 is 1.01. The van der Waals surface area contributed by atoms with E-state index in [0.29, 0.717) is 22.5 Å². The average Bonchev–Trinajstić information content (AvgIpc) is 3.08. The quantitative estimate of drug-likeness (QED) is 0.394. The van der Waals surface area contributed by atoms with Crippen LogP contribution in [0.3, 0.4) is 0 Å². The lowest BCUT2D eigenvalue weighted by atomic mass is 10.2. The number of aryl methyl sites for hydroxylation is 1. The largest absolute Gasteiger partial charge is 0.433 e. The molecule has 0 unspecified atom stereocenters. The van der Waals surface area contributed by atoms with Crippen LogP contribution in [0.1, 0.15) is 11.5 Å². The Morgan fingerprint density at radius 3 is 2.70 bits per heavy atom. The van der Waals surface area contributed by atoms with E-state index in [1.54, 1.807) is 35.7 Å². The first-order chi connectivity index (χ1) is 12.9. The number of halogens is 3. The normalized spacial score (nSPS) is 12.1. The van der Waals surface area contributed by atoms with Gasteiger partial charge in [-0.05, 0) is 18.2 Å². The van der Waals surface area contributed by atoms with E-state index < -0.39 is 11.9 Å². The molecule has 0 spiro atoms. The van der Waals surface area contributed by atoms with E-state index in [9.17, 15) is 18.0 Å². The molecule has 0 aliphatic carbocycles. The minimum atomic E-state index is -4.53. The number of benzene rings is 1. The summed E-state index contributed by atoms with van der Waals surface area (Å²) in [5.74, 6) is 1.01. The monoisotopic (exact) mass is 392 g/mol. The average molecular weight is 392 g/mol. The molecule has 11 heteroatoms. The Hall–Kier alpha value is -2.95. The van der Waals surface area contributed by atoms with Crippen LogP contribution in [0.4, 0.5) is 13.2 Å². The van der Waals surface area contributed by atoms with Crippen molar-refractivity contribution in [3.05, 3.63) is 58.4 Å². The molecular formula is C16H11F3N6OS. The summed E-state index contributed by atoms with van der Waals surface area (Å²) in [6, 6.07) is 7.82. The van der Waals surface area contributed by atoms with E-state index in [1.807, 2.05) is 0 Å². The van der Waals surface area contributed by atoms with Gasteiger partial charge in [-0.15, -0.1) is 10.2 Å². The van der Waals surface area contributed by atoms with E-state index in [4.69, 9.17) is 0 Å². The van der Waals surface area contributed by atoms with Gasteiger partial charge in [0, 0.05) is 13.2 Å². The molecule has 0 aliphatic heterocycles. The molecule has 0 saturated carbocycles. The smallest absolute Gasteiger partial charge is 0.279 e. The molecule has 4 aromatic rings. The zero-order valence-corrected chi connectivity index (χ0v) is 14.6. The van der Waals surface area contributed by atoms with Gasteiger partial charge in [0.1, 0.15) is 11.5 Å². The second-order valence-corrected chi connectivity index (χ2v) is 6.59. The van der Waals surface area contributed by atoms with Crippen LogP contribution in [0.5, 0.6) is 0 Å². The van der Waals surface area contributed by atoms with E-state index in [2.05, 4.69) is 20.2 Å². The predicted octanol–water partition coefficient (Wildman–Crippen LogP) is 2.68. The van der Waals surface area contributed by atoms with Gasteiger partial charge in [0.15, 0.2) is 5.16 Å². The van der Waals surface area contributed by atoms with E-state index in [-0.39, 0.29) is 16.5 Å². The number of fused-ring (bicyclic) bond motifs is 3. The summed E-state index contributed by atoms with van der Waals surface area (Å²) in [5, 5.41) is 8.60. The van der Waals surface area contributed by atoms with Crippen LogP contribution in [0, 0.1) is 0 Å². The van der Waals surface area contributed by atoms with E-state index in [1.165, 1.54) is 4.57 Å². The lowest BCUT2D eigenvalue weighted by Crippen LogP contribution is -2.20. The van der Waals surface area contributed by atoms with Crippen molar-refractivity contribution in [2.24, 2.45) is 7.05 Å². The molecule has 0 fully saturated rings. The Kier molecular flexibility index (Phi) is 4.10. The first-order valence-corrected chi connectivity index (χ1v) is 8.69. The van der Waals surface area contributed by atoms with Gasteiger partial charge in [0.25, 0.3) is 5.56 Å². The maximum atomic E-state index is 12.8. The van der Waals surface area contributed by atoms with E-state index in [0.717, 1.165) is 24.0 Å². The van der Waals surface area contributed by atoms with Crippen LogP contribution in [0.25, 0.3) is 16.7 Å². The van der Waals surface area contributed by atoms with Crippen molar-refractivity contribution in [2.45, 2.75) is 17.1 Å². The highest BCUT2D eigenvalue weighted by Crippen LogP contribution is 2.29. The van der Waals surface area contributed by atoms with Crippen LogP contribution >= 0.6 is 11.8 Å². The van der Waals surface area contributed by atoms with Crippen molar-refractivity contribution >= 4 is 28.4 Å². The number of nitrogens with zero attached hydrogens (tertiary/aromatic N) is 6. The van der Waals surface area contributed by atoms with Gasteiger partial charge < -0.3 is 0 Å². The summed E-state index contributed by atoms with van der Waals surface area (Å²) in [6.07, 6.45) is -3.46. The molecule has 7 nitrogen and oxygen atoms in total. The van der Waals surface area contributed by atoms with Crippen molar-refractivity contribution < 1.29 is 13.2 Å². The molecule has 0 radical (unpaired) electrons. The molecule has 0 bridgehead atoms. The number of alkyl halides is 3. The fourth-order valence-electron chi connectivity index (χ4n) is 2.68. The molecule has 0 atom stereocenters. The SMILES string of the molecule is Cn1c(=O)c2ccccc2n2c(CSc3nccc(C(F)(F)F)n3)nnc12. The van der Waals surface area contributed by atoms with Crippen LogP contribution < -0.4 is 5.56 Å². The molecule has 27 heavy (non-hydrogen) atoms. The van der Waals surface area contributed by atoms with Crippen molar-refractivity contribution in [3.8, 4) is 0 Å². The van der Waals surface area contributed by atoms with Crippen LogP contribution in [0.2, 0.25) is 0 Å². The Labute approximate surface area is 153 Å². The third-order valence-corrected chi connectivity index (χ3v) is 4.80. The zero-order chi connectivity index (χ0) is 19.2. The molecule has 4 rings (SSSR count).